The van der Waals surface area contributed by atoms with Crippen LogP contribution in [0.25, 0.3) is 0 Å². The Morgan fingerprint density at radius 2 is 2.00 bits per heavy atom. The first-order valence-corrected chi connectivity index (χ1v) is 5.52. The highest BCUT2D eigenvalue weighted by molar-refractivity contribution is 7.91. The molecule has 1 aromatic carbocycles. The number of anilines is 1. The Kier molecular flexibility index (Phi) is 2.94. The smallest absolute Gasteiger partial charge is 0.250 e. The van der Waals surface area contributed by atoms with E-state index in [1.54, 1.807) is 0 Å². The third kappa shape index (κ3) is 2.24. The minimum absolute atomic E-state index is 0.00723. The van der Waals surface area contributed by atoms with Crippen LogP contribution in [0.3, 0.4) is 0 Å². The molecule has 0 aromatic heterocycles. The van der Waals surface area contributed by atoms with Crippen molar-refractivity contribution < 1.29 is 17.6 Å². The molecular weight excluding hydrogens is 223 g/mol. The van der Waals surface area contributed by atoms with Gasteiger partial charge in [-0.25, -0.2) is 12.8 Å². The predicted molar refractivity (Wildman–Crippen MR) is 52.5 cm³/mol. The number of alkyl halides is 1. The van der Waals surface area contributed by atoms with Crippen molar-refractivity contribution in [3.05, 3.63) is 23.8 Å². The van der Waals surface area contributed by atoms with Crippen LogP contribution in [0, 0.1) is 0 Å². The van der Waals surface area contributed by atoms with Crippen molar-refractivity contribution in [2.24, 2.45) is 5.73 Å². The first-order chi connectivity index (χ1) is 6.88. The molecule has 0 saturated heterocycles. The lowest BCUT2D eigenvalue weighted by molar-refractivity contribution is 0.100. The minimum Gasteiger partial charge on any atom is -0.398 e. The van der Waals surface area contributed by atoms with Crippen LogP contribution in [0.1, 0.15) is 10.4 Å². The van der Waals surface area contributed by atoms with Gasteiger partial charge < -0.3 is 11.5 Å². The summed E-state index contributed by atoms with van der Waals surface area (Å²) >= 11 is 0. The summed E-state index contributed by atoms with van der Waals surface area (Å²) in [5.74, 6) is -0.767. The zero-order chi connectivity index (χ0) is 11.6. The second kappa shape index (κ2) is 3.85. The number of carbonyl (C=O) groups is 1. The zero-order valence-corrected chi connectivity index (χ0v) is 8.42. The molecule has 0 saturated carbocycles. The summed E-state index contributed by atoms with van der Waals surface area (Å²) in [6.45, 7) is 0. The normalized spacial score (nSPS) is 11.3. The Balaban J connectivity index is 3.30. The highest BCUT2D eigenvalue weighted by Crippen LogP contribution is 2.18. The molecule has 0 aliphatic rings. The van der Waals surface area contributed by atoms with Gasteiger partial charge in [0.05, 0.1) is 10.5 Å². The van der Waals surface area contributed by atoms with Gasteiger partial charge in [-0.1, -0.05) is 0 Å². The largest absolute Gasteiger partial charge is 0.398 e. The summed E-state index contributed by atoms with van der Waals surface area (Å²) in [7, 11) is -3.96. The number of sulfone groups is 1. The molecule has 4 N–H and O–H groups in total. The van der Waals surface area contributed by atoms with E-state index in [0.29, 0.717) is 0 Å². The molecule has 1 rings (SSSR count). The van der Waals surface area contributed by atoms with Crippen molar-refractivity contribution >= 4 is 21.4 Å². The van der Waals surface area contributed by atoms with E-state index < -0.39 is 21.8 Å². The number of hydrogen-bond donors (Lipinski definition) is 2. The minimum atomic E-state index is -3.96. The van der Waals surface area contributed by atoms with Gasteiger partial charge >= 0.3 is 0 Å². The first kappa shape index (κ1) is 11.4. The van der Waals surface area contributed by atoms with Crippen LogP contribution >= 0.6 is 0 Å². The molecule has 0 atom stereocenters. The maximum Gasteiger partial charge on any atom is 0.250 e. The average Bonchev–Trinajstić information content (AvgIpc) is 2.17. The van der Waals surface area contributed by atoms with E-state index in [-0.39, 0.29) is 16.1 Å². The number of benzene rings is 1. The van der Waals surface area contributed by atoms with Crippen molar-refractivity contribution in [2.45, 2.75) is 4.90 Å². The van der Waals surface area contributed by atoms with Crippen LogP contribution in [-0.2, 0) is 9.84 Å². The molecular formula is C8H9FN2O3S. The van der Waals surface area contributed by atoms with Crippen molar-refractivity contribution in [1.29, 1.82) is 0 Å². The highest BCUT2D eigenvalue weighted by Gasteiger charge is 2.16. The summed E-state index contributed by atoms with van der Waals surface area (Å²) in [6.07, 6.45) is 0. The lowest BCUT2D eigenvalue weighted by Crippen LogP contribution is -2.14. The Morgan fingerprint density at radius 1 is 1.40 bits per heavy atom. The molecule has 0 spiro atoms. The molecule has 0 aliphatic heterocycles. The molecule has 1 aromatic rings. The Hall–Kier alpha value is -1.63. The second-order valence-electron chi connectivity index (χ2n) is 2.84. The number of nitrogens with two attached hydrogens (primary N) is 2. The van der Waals surface area contributed by atoms with Gasteiger partial charge in [0.1, 0.15) is 0 Å². The Morgan fingerprint density at radius 3 is 2.40 bits per heavy atom. The molecule has 1 amide bonds. The molecule has 5 nitrogen and oxygen atoms in total. The van der Waals surface area contributed by atoms with Crippen molar-refractivity contribution in [3.63, 3.8) is 0 Å². The lowest BCUT2D eigenvalue weighted by atomic mass is 10.2. The van der Waals surface area contributed by atoms with Gasteiger partial charge in [-0.2, -0.15) is 0 Å². The van der Waals surface area contributed by atoms with E-state index >= 15 is 0 Å². The fourth-order valence-electron chi connectivity index (χ4n) is 1.02. The number of hydrogen-bond acceptors (Lipinski definition) is 4. The van der Waals surface area contributed by atoms with Crippen molar-refractivity contribution in [3.8, 4) is 0 Å². The Labute approximate surface area is 85.8 Å². The van der Waals surface area contributed by atoms with Crippen LogP contribution in [0.4, 0.5) is 10.1 Å². The van der Waals surface area contributed by atoms with Crippen LogP contribution in [-0.4, -0.2) is 20.3 Å². The van der Waals surface area contributed by atoms with Crippen LogP contribution < -0.4 is 11.5 Å². The number of halogens is 1. The SMILES string of the molecule is NC(=O)c1ccc(S(=O)(=O)CF)cc1N. The summed E-state index contributed by atoms with van der Waals surface area (Å²) in [5.41, 5.74) is 10.3. The van der Waals surface area contributed by atoms with Gasteiger partial charge in [-0.15, -0.1) is 0 Å². The van der Waals surface area contributed by atoms with Crippen molar-refractivity contribution in [2.75, 3.05) is 11.7 Å². The molecule has 0 aliphatic carbocycles. The summed E-state index contributed by atoms with van der Waals surface area (Å²) in [4.78, 5) is 10.5. The molecule has 0 fully saturated rings. The molecule has 7 heteroatoms. The third-order valence-corrected chi connectivity index (χ3v) is 3.05. The standard InChI is InChI=1S/C8H9FN2O3S/c9-4-15(13,14)5-1-2-6(8(11)12)7(10)3-5/h1-3H,4,10H2,(H2,11,12). The van der Waals surface area contributed by atoms with E-state index in [4.69, 9.17) is 11.5 Å². The van der Waals surface area contributed by atoms with Gasteiger partial charge in [-0.05, 0) is 18.2 Å². The number of carbonyl (C=O) groups excluding carboxylic acids is 1. The Bertz CT molecular complexity index is 499. The van der Waals surface area contributed by atoms with Crippen LogP contribution in [0.2, 0.25) is 0 Å². The molecule has 0 heterocycles. The molecule has 15 heavy (non-hydrogen) atoms. The number of amides is 1. The summed E-state index contributed by atoms with van der Waals surface area (Å²) < 4.78 is 34.3. The van der Waals surface area contributed by atoms with E-state index in [2.05, 4.69) is 0 Å². The van der Waals surface area contributed by atoms with Crippen LogP contribution in [0.5, 0.6) is 0 Å². The second-order valence-corrected chi connectivity index (χ2v) is 4.76. The van der Waals surface area contributed by atoms with E-state index in [0.717, 1.165) is 18.2 Å². The maximum absolute atomic E-state index is 12.1. The zero-order valence-electron chi connectivity index (χ0n) is 7.60. The van der Waals surface area contributed by atoms with E-state index in [1.807, 2.05) is 0 Å². The van der Waals surface area contributed by atoms with Gasteiger partial charge in [-0.3, -0.25) is 4.79 Å². The topological polar surface area (TPSA) is 103 Å². The van der Waals surface area contributed by atoms with Crippen molar-refractivity contribution in [1.82, 2.24) is 0 Å². The van der Waals surface area contributed by atoms with Gasteiger partial charge in [0.15, 0.2) is 6.01 Å². The maximum atomic E-state index is 12.1. The summed E-state index contributed by atoms with van der Waals surface area (Å²) in [5, 5.41) is 0. The van der Waals surface area contributed by atoms with E-state index in [9.17, 15) is 17.6 Å². The summed E-state index contributed by atoms with van der Waals surface area (Å²) in [6, 6.07) is 1.74. The average molecular weight is 232 g/mol. The predicted octanol–water partition coefficient (Wildman–Crippen LogP) is 0.0684. The molecule has 0 radical (unpaired) electrons. The fraction of sp³-hybridized carbons (Fsp3) is 0.125. The number of nitrogen functional groups attached to an aromatic ring is 1. The fourth-order valence-corrected chi connectivity index (χ4v) is 1.73. The number of rotatable bonds is 3. The highest BCUT2D eigenvalue weighted by atomic mass is 32.2. The van der Waals surface area contributed by atoms with Gasteiger partial charge in [0.2, 0.25) is 9.84 Å². The molecule has 0 unspecified atom stereocenters. The monoisotopic (exact) mass is 232 g/mol. The molecule has 82 valence electrons. The quantitative estimate of drug-likeness (QED) is 0.719. The van der Waals surface area contributed by atoms with E-state index in [1.165, 1.54) is 0 Å². The lowest BCUT2D eigenvalue weighted by Gasteiger charge is -2.04. The molecule has 0 bridgehead atoms. The van der Waals surface area contributed by atoms with Gasteiger partial charge in [0, 0.05) is 5.69 Å². The van der Waals surface area contributed by atoms with Gasteiger partial charge in [0.25, 0.3) is 5.91 Å². The first-order valence-electron chi connectivity index (χ1n) is 3.86. The van der Waals surface area contributed by atoms with Crippen LogP contribution in [0.15, 0.2) is 23.1 Å². The third-order valence-electron chi connectivity index (χ3n) is 1.79. The number of primary amides is 1.